The maximum Gasteiger partial charge on any atom is 0.389 e. The Labute approximate surface area is 91.8 Å². The molecule has 6 heteroatoms. The van der Waals surface area contributed by atoms with Crippen molar-refractivity contribution < 1.29 is 14.8 Å². The molecule has 0 bridgehead atoms. The van der Waals surface area contributed by atoms with Gasteiger partial charge in [-0.2, -0.15) is 0 Å². The Balaban J connectivity index is 3.46. The number of rotatable bonds is 4. The lowest BCUT2D eigenvalue weighted by molar-refractivity contribution is -0.567. The normalized spacial score (nSPS) is 16.1. The minimum Gasteiger partial charge on any atom is -0.476 e. The van der Waals surface area contributed by atoms with Crippen molar-refractivity contribution in [3.05, 3.63) is 46.0 Å². The average Bonchev–Trinajstić information content (AvgIpc) is 2.18. The SMILES string of the molecule is CC(N)C(C(=O)O)(c1ccccc1)[N+](=O)[O-]. The lowest BCUT2D eigenvalue weighted by atomic mass is 9.84. The second-order valence-electron chi connectivity index (χ2n) is 3.48. The lowest BCUT2D eigenvalue weighted by Gasteiger charge is -2.24. The fourth-order valence-electron chi connectivity index (χ4n) is 1.62. The highest BCUT2D eigenvalue weighted by atomic mass is 16.6. The van der Waals surface area contributed by atoms with E-state index in [1.54, 1.807) is 18.2 Å². The number of carbonyl (C=O) groups is 1. The molecule has 0 aliphatic heterocycles. The van der Waals surface area contributed by atoms with Gasteiger partial charge in [-0.1, -0.05) is 30.3 Å². The van der Waals surface area contributed by atoms with Crippen molar-refractivity contribution in [3.63, 3.8) is 0 Å². The first kappa shape index (κ1) is 12.1. The summed E-state index contributed by atoms with van der Waals surface area (Å²) in [6, 6.07) is 6.37. The van der Waals surface area contributed by atoms with Crippen LogP contribution in [0.1, 0.15) is 12.5 Å². The maximum absolute atomic E-state index is 11.2. The van der Waals surface area contributed by atoms with Crippen LogP contribution in [0.4, 0.5) is 0 Å². The molecule has 16 heavy (non-hydrogen) atoms. The fraction of sp³-hybridized carbons (Fsp3) is 0.300. The van der Waals surface area contributed by atoms with E-state index in [2.05, 4.69) is 0 Å². The van der Waals surface area contributed by atoms with Gasteiger partial charge in [0, 0.05) is 10.5 Å². The number of nitro groups is 1. The van der Waals surface area contributed by atoms with Gasteiger partial charge >= 0.3 is 11.5 Å². The molecular weight excluding hydrogens is 212 g/mol. The van der Waals surface area contributed by atoms with Gasteiger partial charge in [0.1, 0.15) is 0 Å². The fourth-order valence-corrected chi connectivity index (χ4v) is 1.62. The molecule has 0 radical (unpaired) electrons. The molecule has 6 nitrogen and oxygen atoms in total. The zero-order valence-electron chi connectivity index (χ0n) is 8.66. The number of benzene rings is 1. The molecular formula is C10H12N2O4. The molecule has 0 aliphatic rings. The standard InChI is InChI=1S/C10H12N2O4/c1-7(11)10(9(13)14,12(15)16)8-5-3-2-4-6-8/h2-7H,11H2,1H3,(H,13,14). The van der Waals surface area contributed by atoms with Gasteiger partial charge in [-0.15, -0.1) is 0 Å². The number of carboxylic acid groups (broad SMARTS) is 1. The summed E-state index contributed by atoms with van der Waals surface area (Å²) in [7, 11) is 0. The molecule has 0 aliphatic carbocycles. The first-order chi connectivity index (χ1) is 7.44. The Morgan fingerprint density at radius 1 is 1.50 bits per heavy atom. The Morgan fingerprint density at radius 2 is 2.00 bits per heavy atom. The molecule has 0 fully saturated rings. The molecule has 0 heterocycles. The van der Waals surface area contributed by atoms with E-state index in [0.717, 1.165) is 0 Å². The molecule has 1 aromatic carbocycles. The van der Waals surface area contributed by atoms with Crippen LogP contribution in [0.3, 0.4) is 0 Å². The largest absolute Gasteiger partial charge is 0.476 e. The molecule has 1 aromatic rings. The van der Waals surface area contributed by atoms with Gasteiger partial charge in [0.2, 0.25) is 0 Å². The topological polar surface area (TPSA) is 106 Å². The summed E-state index contributed by atoms with van der Waals surface area (Å²) in [4.78, 5) is 21.4. The summed E-state index contributed by atoms with van der Waals surface area (Å²) in [5, 5.41) is 20.1. The van der Waals surface area contributed by atoms with Crippen molar-refractivity contribution in [1.82, 2.24) is 0 Å². The van der Waals surface area contributed by atoms with Crippen LogP contribution in [0, 0.1) is 10.1 Å². The van der Waals surface area contributed by atoms with E-state index in [9.17, 15) is 14.9 Å². The molecule has 86 valence electrons. The molecule has 0 aromatic heterocycles. The van der Waals surface area contributed by atoms with E-state index in [1.807, 2.05) is 0 Å². The highest BCUT2D eigenvalue weighted by molar-refractivity contribution is 5.80. The monoisotopic (exact) mass is 224 g/mol. The van der Waals surface area contributed by atoms with E-state index in [4.69, 9.17) is 10.8 Å². The predicted octanol–water partition coefficient (Wildman–Crippen LogP) is 0.590. The highest BCUT2D eigenvalue weighted by Gasteiger charge is 2.56. The second kappa shape index (κ2) is 4.28. The van der Waals surface area contributed by atoms with Crippen molar-refractivity contribution in [2.45, 2.75) is 18.5 Å². The van der Waals surface area contributed by atoms with Crippen LogP contribution in [-0.4, -0.2) is 22.0 Å². The van der Waals surface area contributed by atoms with Crippen LogP contribution in [0.2, 0.25) is 0 Å². The van der Waals surface area contributed by atoms with E-state index in [1.165, 1.54) is 19.1 Å². The van der Waals surface area contributed by atoms with E-state index in [0.29, 0.717) is 0 Å². The highest BCUT2D eigenvalue weighted by Crippen LogP contribution is 2.28. The van der Waals surface area contributed by atoms with Gasteiger partial charge in [0.15, 0.2) is 0 Å². The van der Waals surface area contributed by atoms with Crippen LogP contribution in [0.25, 0.3) is 0 Å². The molecule has 0 saturated carbocycles. The van der Waals surface area contributed by atoms with E-state index in [-0.39, 0.29) is 5.56 Å². The minimum absolute atomic E-state index is 0.0718. The van der Waals surface area contributed by atoms with Gasteiger partial charge in [-0.25, -0.2) is 4.79 Å². The summed E-state index contributed by atoms with van der Waals surface area (Å²) in [5.74, 6) is -1.56. The average molecular weight is 224 g/mol. The second-order valence-corrected chi connectivity index (χ2v) is 3.48. The van der Waals surface area contributed by atoms with Crippen LogP contribution in [0.15, 0.2) is 30.3 Å². The smallest absolute Gasteiger partial charge is 0.389 e. The van der Waals surface area contributed by atoms with E-state index >= 15 is 0 Å². The van der Waals surface area contributed by atoms with Gasteiger partial charge in [0.25, 0.3) is 0 Å². The molecule has 1 rings (SSSR count). The van der Waals surface area contributed by atoms with Crippen molar-refractivity contribution in [2.75, 3.05) is 0 Å². The number of carboxylic acids is 1. The third kappa shape index (κ3) is 1.63. The summed E-state index contributed by atoms with van der Waals surface area (Å²) >= 11 is 0. The predicted molar refractivity (Wildman–Crippen MR) is 56.4 cm³/mol. The molecule has 0 saturated heterocycles. The number of nitrogens with zero attached hydrogens (tertiary/aromatic N) is 1. The Kier molecular flexibility index (Phi) is 3.24. The van der Waals surface area contributed by atoms with Gasteiger partial charge < -0.3 is 10.8 Å². The molecule has 2 atom stereocenters. The minimum atomic E-state index is -2.29. The number of aliphatic carboxylic acids is 1. The number of hydrogen-bond donors (Lipinski definition) is 2. The first-order valence-corrected chi connectivity index (χ1v) is 4.63. The Bertz CT molecular complexity index is 389. The third-order valence-electron chi connectivity index (χ3n) is 2.49. The molecule has 2 unspecified atom stereocenters. The lowest BCUT2D eigenvalue weighted by Crippen LogP contribution is -2.55. The Morgan fingerprint density at radius 3 is 2.31 bits per heavy atom. The van der Waals surface area contributed by atoms with Crippen molar-refractivity contribution in [2.24, 2.45) is 5.73 Å². The zero-order chi connectivity index (χ0) is 12.3. The van der Waals surface area contributed by atoms with Crippen LogP contribution < -0.4 is 5.73 Å². The number of hydrogen-bond acceptors (Lipinski definition) is 4. The van der Waals surface area contributed by atoms with Crippen molar-refractivity contribution in [1.29, 1.82) is 0 Å². The van der Waals surface area contributed by atoms with E-state index < -0.39 is 22.5 Å². The van der Waals surface area contributed by atoms with Gasteiger partial charge in [-0.3, -0.25) is 10.1 Å². The molecule has 0 spiro atoms. The summed E-state index contributed by atoms with van der Waals surface area (Å²) < 4.78 is 0. The van der Waals surface area contributed by atoms with Gasteiger partial charge in [-0.05, 0) is 6.92 Å². The quantitative estimate of drug-likeness (QED) is 0.575. The summed E-state index contributed by atoms with van der Waals surface area (Å²) in [6.07, 6.45) is 0. The third-order valence-corrected chi connectivity index (χ3v) is 2.49. The molecule has 0 amide bonds. The number of nitrogens with two attached hydrogens (primary N) is 1. The van der Waals surface area contributed by atoms with Crippen LogP contribution in [0.5, 0.6) is 0 Å². The van der Waals surface area contributed by atoms with Crippen molar-refractivity contribution in [3.8, 4) is 0 Å². The molecule has 3 N–H and O–H groups in total. The maximum atomic E-state index is 11.2. The van der Waals surface area contributed by atoms with Crippen molar-refractivity contribution >= 4 is 5.97 Å². The Hall–Kier alpha value is -1.95. The zero-order valence-corrected chi connectivity index (χ0v) is 8.66. The van der Waals surface area contributed by atoms with Crippen LogP contribution >= 0.6 is 0 Å². The summed E-state index contributed by atoms with van der Waals surface area (Å²) in [6.45, 7) is 1.31. The van der Waals surface area contributed by atoms with Crippen LogP contribution in [-0.2, 0) is 10.3 Å². The first-order valence-electron chi connectivity index (χ1n) is 4.63. The summed E-state index contributed by atoms with van der Waals surface area (Å²) in [5.41, 5.74) is 3.26. The van der Waals surface area contributed by atoms with Gasteiger partial charge in [0.05, 0.1) is 6.04 Å².